The molecule has 1 saturated carbocycles. The number of carboxylic acids is 1. The molecule has 1 amide bonds. The molecule has 0 bridgehead atoms. The van der Waals surface area contributed by atoms with E-state index in [1.165, 1.54) is 5.57 Å². The molecule has 1 aliphatic heterocycles. The number of hydrogen-bond donors (Lipinski definition) is 1. The summed E-state index contributed by atoms with van der Waals surface area (Å²) in [5, 5.41) is 8.94. The van der Waals surface area contributed by atoms with Gasteiger partial charge in [0.2, 0.25) is 5.91 Å². The minimum Gasteiger partial charge on any atom is -0.481 e. The quantitative estimate of drug-likeness (QED) is 0.764. The molecule has 2 fully saturated rings. The molecule has 1 heterocycles. The van der Waals surface area contributed by atoms with Crippen molar-refractivity contribution in [3.05, 3.63) is 12.2 Å². The van der Waals surface area contributed by atoms with Crippen LogP contribution in [0, 0.1) is 11.8 Å². The van der Waals surface area contributed by atoms with E-state index in [2.05, 4.69) is 6.58 Å². The molecule has 1 saturated heterocycles. The molecule has 1 N–H and O–H groups in total. The van der Waals surface area contributed by atoms with E-state index in [-0.39, 0.29) is 17.7 Å². The van der Waals surface area contributed by atoms with Gasteiger partial charge in [0.15, 0.2) is 0 Å². The first kappa shape index (κ1) is 13.1. The van der Waals surface area contributed by atoms with E-state index in [1.807, 2.05) is 4.90 Å². The van der Waals surface area contributed by atoms with Crippen LogP contribution in [0.4, 0.5) is 0 Å². The van der Waals surface area contributed by atoms with E-state index in [9.17, 15) is 9.59 Å². The van der Waals surface area contributed by atoms with Gasteiger partial charge < -0.3 is 10.0 Å². The van der Waals surface area contributed by atoms with Crippen molar-refractivity contribution in [3.8, 4) is 0 Å². The minimum atomic E-state index is -0.713. The number of carbonyl (C=O) groups is 2. The highest BCUT2D eigenvalue weighted by Gasteiger charge is 2.32. The Morgan fingerprint density at radius 3 is 2.06 bits per heavy atom. The van der Waals surface area contributed by atoms with Crippen molar-refractivity contribution >= 4 is 11.9 Å². The van der Waals surface area contributed by atoms with Crippen molar-refractivity contribution < 1.29 is 14.7 Å². The van der Waals surface area contributed by atoms with Crippen LogP contribution >= 0.6 is 0 Å². The lowest BCUT2D eigenvalue weighted by atomic mass is 9.81. The molecule has 0 unspecified atom stereocenters. The summed E-state index contributed by atoms with van der Waals surface area (Å²) >= 11 is 0. The summed E-state index contributed by atoms with van der Waals surface area (Å²) < 4.78 is 0. The number of aliphatic carboxylic acids is 1. The first-order chi connectivity index (χ1) is 8.58. The van der Waals surface area contributed by atoms with Crippen LogP contribution in [0.5, 0.6) is 0 Å². The largest absolute Gasteiger partial charge is 0.481 e. The van der Waals surface area contributed by atoms with E-state index in [1.54, 1.807) is 0 Å². The first-order valence-electron chi connectivity index (χ1n) is 6.76. The Morgan fingerprint density at radius 1 is 1.06 bits per heavy atom. The molecule has 0 aromatic heterocycles. The van der Waals surface area contributed by atoms with Crippen LogP contribution in [0.25, 0.3) is 0 Å². The lowest BCUT2D eigenvalue weighted by molar-refractivity contribution is -0.145. The monoisotopic (exact) mass is 251 g/mol. The fourth-order valence-electron chi connectivity index (χ4n) is 2.89. The van der Waals surface area contributed by atoms with Gasteiger partial charge in [-0.2, -0.15) is 0 Å². The zero-order valence-corrected chi connectivity index (χ0v) is 10.7. The SMILES string of the molecule is C=C1CCN(C(=O)C2CCC(C(=O)O)CC2)CC1. The van der Waals surface area contributed by atoms with E-state index in [4.69, 9.17) is 5.11 Å². The molecule has 0 spiro atoms. The van der Waals surface area contributed by atoms with Crippen molar-refractivity contribution in [2.75, 3.05) is 13.1 Å². The zero-order valence-electron chi connectivity index (χ0n) is 10.7. The fraction of sp³-hybridized carbons (Fsp3) is 0.714. The summed E-state index contributed by atoms with van der Waals surface area (Å²) in [6.45, 7) is 5.52. The molecule has 0 aromatic rings. The molecule has 2 aliphatic rings. The highest BCUT2D eigenvalue weighted by Crippen LogP contribution is 2.31. The Labute approximate surface area is 108 Å². The number of likely N-dealkylation sites (tertiary alicyclic amines) is 1. The third kappa shape index (κ3) is 2.92. The Morgan fingerprint density at radius 2 is 1.56 bits per heavy atom. The number of carboxylic acid groups (broad SMARTS) is 1. The molecule has 4 nitrogen and oxygen atoms in total. The lowest BCUT2D eigenvalue weighted by Gasteiger charge is -2.33. The maximum atomic E-state index is 12.3. The average Bonchev–Trinajstić information content (AvgIpc) is 2.39. The molecule has 1 aliphatic carbocycles. The smallest absolute Gasteiger partial charge is 0.306 e. The third-order valence-electron chi connectivity index (χ3n) is 4.21. The van der Waals surface area contributed by atoms with Crippen LogP contribution in [0.2, 0.25) is 0 Å². The standard InChI is InChI=1S/C14H21NO3/c1-10-6-8-15(9-7-10)13(16)11-2-4-12(5-3-11)14(17)18/h11-12H,1-9H2,(H,17,18). The molecule has 2 rings (SSSR count). The summed E-state index contributed by atoms with van der Waals surface area (Å²) in [7, 11) is 0. The van der Waals surface area contributed by atoms with Gasteiger partial charge in [-0.3, -0.25) is 9.59 Å². The van der Waals surface area contributed by atoms with E-state index in [0.717, 1.165) is 38.8 Å². The fourth-order valence-corrected chi connectivity index (χ4v) is 2.89. The topological polar surface area (TPSA) is 57.6 Å². The highest BCUT2D eigenvalue weighted by atomic mass is 16.4. The molecule has 0 atom stereocenters. The highest BCUT2D eigenvalue weighted by molar-refractivity contribution is 5.79. The first-order valence-corrected chi connectivity index (χ1v) is 6.76. The Bertz CT molecular complexity index is 346. The van der Waals surface area contributed by atoms with Crippen LogP contribution in [-0.2, 0) is 9.59 Å². The summed E-state index contributed by atoms with van der Waals surface area (Å²) in [5.41, 5.74) is 1.23. The van der Waals surface area contributed by atoms with Gasteiger partial charge >= 0.3 is 5.97 Å². The molecule has 4 heteroatoms. The molecular formula is C14H21NO3. The van der Waals surface area contributed by atoms with E-state index >= 15 is 0 Å². The van der Waals surface area contributed by atoms with Crippen molar-refractivity contribution in [1.82, 2.24) is 4.90 Å². The van der Waals surface area contributed by atoms with Crippen LogP contribution < -0.4 is 0 Å². The minimum absolute atomic E-state index is 0.0481. The number of nitrogens with zero attached hydrogens (tertiary/aromatic N) is 1. The molecule has 18 heavy (non-hydrogen) atoms. The van der Waals surface area contributed by atoms with Gasteiger partial charge in [-0.1, -0.05) is 12.2 Å². The predicted molar refractivity (Wildman–Crippen MR) is 68.0 cm³/mol. The second-order valence-electron chi connectivity index (χ2n) is 5.46. The number of piperidine rings is 1. The van der Waals surface area contributed by atoms with Gasteiger partial charge in [-0.25, -0.2) is 0 Å². The van der Waals surface area contributed by atoms with Crippen LogP contribution in [0.15, 0.2) is 12.2 Å². The molecule has 100 valence electrons. The van der Waals surface area contributed by atoms with Gasteiger partial charge in [0.25, 0.3) is 0 Å². The maximum absolute atomic E-state index is 12.3. The summed E-state index contributed by atoms with van der Waals surface area (Å²) in [5.74, 6) is -0.677. The molecule has 0 aromatic carbocycles. The number of carbonyl (C=O) groups excluding carboxylic acids is 1. The van der Waals surface area contributed by atoms with E-state index < -0.39 is 5.97 Å². The average molecular weight is 251 g/mol. The number of amides is 1. The van der Waals surface area contributed by atoms with Gasteiger partial charge in [-0.15, -0.1) is 0 Å². The summed E-state index contributed by atoms with van der Waals surface area (Å²) in [6, 6.07) is 0. The van der Waals surface area contributed by atoms with Gasteiger partial charge in [-0.05, 0) is 38.5 Å². The Kier molecular flexibility index (Phi) is 4.04. The normalized spacial score (nSPS) is 29.1. The third-order valence-corrected chi connectivity index (χ3v) is 4.21. The maximum Gasteiger partial charge on any atom is 0.306 e. The van der Waals surface area contributed by atoms with Crippen molar-refractivity contribution in [2.24, 2.45) is 11.8 Å². The summed E-state index contributed by atoms with van der Waals surface area (Å²) in [6.07, 6.45) is 4.57. The van der Waals surface area contributed by atoms with Crippen LogP contribution in [-0.4, -0.2) is 35.0 Å². The lowest BCUT2D eigenvalue weighted by Crippen LogP contribution is -2.41. The van der Waals surface area contributed by atoms with Crippen molar-refractivity contribution in [3.63, 3.8) is 0 Å². The predicted octanol–water partition coefficient (Wildman–Crippen LogP) is 2.06. The molecular weight excluding hydrogens is 230 g/mol. The van der Waals surface area contributed by atoms with Gasteiger partial charge in [0.05, 0.1) is 5.92 Å². The van der Waals surface area contributed by atoms with Crippen molar-refractivity contribution in [1.29, 1.82) is 0 Å². The zero-order chi connectivity index (χ0) is 13.1. The second kappa shape index (κ2) is 5.55. The second-order valence-corrected chi connectivity index (χ2v) is 5.46. The number of rotatable bonds is 2. The number of hydrogen-bond acceptors (Lipinski definition) is 2. The summed E-state index contributed by atoms with van der Waals surface area (Å²) in [4.78, 5) is 25.1. The Balaban J connectivity index is 1.84. The van der Waals surface area contributed by atoms with Crippen LogP contribution in [0.3, 0.4) is 0 Å². The molecule has 0 radical (unpaired) electrons. The van der Waals surface area contributed by atoms with Gasteiger partial charge in [0, 0.05) is 19.0 Å². The van der Waals surface area contributed by atoms with Crippen molar-refractivity contribution in [2.45, 2.75) is 38.5 Å². The van der Waals surface area contributed by atoms with Crippen LogP contribution in [0.1, 0.15) is 38.5 Å². The Hall–Kier alpha value is -1.32. The van der Waals surface area contributed by atoms with E-state index in [0.29, 0.717) is 12.8 Å². The van der Waals surface area contributed by atoms with Gasteiger partial charge in [0.1, 0.15) is 0 Å².